The van der Waals surface area contributed by atoms with Crippen LogP contribution < -0.4 is 10.2 Å². The Kier molecular flexibility index (Phi) is 5.93. The first-order valence-corrected chi connectivity index (χ1v) is 8.82. The fourth-order valence-corrected chi connectivity index (χ4v) is 3.00. The Morgan fingerprint density at radius 1 is 1.08 bits per heavy atom. The Hall–Kier alpha value is -2.50. The molecule has 1 aliphatic rings. The van der Waals surface area contributed by atoms with Gasteiger partial charge in [0.25, 0.3) is 5.91 Å². The molecule has 132 valence electrons. The van der Waals surface area contributed by atoms with Gasteiger partial charge in [-0.15, -0.1) is 0 Å². The van der Waals surface area contributed by atoms with Gasteiger partial charge < -0.3 is 10.2 Å². The average molecular weight is 342 g/mol. The molecule has 2 heterocycles. The molecule has 0 spiro atoms. The summed E-state index contributed by atoms with van der Waals surface area (Å²) in [5.74, 6) is 0.286. The zero-order chi connectivity index (χ0) is 17.5. The van der Waals surface area contributed by atoms with Crippen LogP contribution in [0.1, 0.15) is 41.7 Å². The van der Waals surface area contributed by atoms with Gasteiger partial charge in [0.05, 0.1) is 12.4 Å². The SMILES string of the molecule is O=C(NCCc1ccccc1F)c1cnc(N2CCCCCC2)cn1. The van der Waals surface area contributed by atoms with Crippen LogP contribution in [0.3, 0.4) is 0 Å². The molecule has 1 N–H and O–H groups in total. The third kappa shape index (κ3) is 4.75. The van der Waals surface area contributed by atoms with Crippen molar-refractivity contribution < 1.29 is 9.18 Å². The lowest BCUT2D eigenvalue weighted by Crippen LogP contribution is -2.28. The molecule has 0 radical (unpaired) electrons. The second kappa shape index (κ2) is 8.55. The molecule has 1 saturated heterocycles. The van der Waals surface area contributed by atoms with Crippen molar-refractivity contribution in [1.29, 1.82) is 0 Å². The zero-order valence-corrected chi connectivity index (χ0v) is 14.2. The predicted octanol–water partition coefficient (Wildman–Crippen LogP) is 2.97. The molecule has 2 aromatic rings. The van der Waals surface area contributed by atoms with Crippen LogP contribution in [0.5, 0.6) is 0 Å². The molecule has 1 aromatic carbocycles. The largest absolute Gasteiger partial charge is 0.355 e. The summed E-state index contributed by atoms with van der Waals surface area (Å²) in [4.78, 5) is 23.0. The molecule has 0 saturated carbocycles. The van der Waals surface area contributed by atoms with Crippen molar-refractivity contribution >= 4 is 11.7 Å². The van der Waals surface area contributed by atoms with E-state index in [-0.39, 0.29) is 17.4 Å². The zero-order valence-electron chi connectivity index (χ0n) is 14.2. The van der Waals surface area contributed by atoms with E-state index in [0.717, 1.165) is 18.9 Å². The van der Waals surface area contributed by atoms with Crippen molar-refractivity contribution in [1.82, 2.24) is 15.3 Å². The number of anilines is 1. The van der Waals surface area contributed by atoms with E-state index >= 15 is 0 Å². The smallest absolute Gasteiger partial charge is 0.271 e. The summed E-state index contributed by atoms with van der Waals surface area (Å²) < 4.78 is 13.5. The van der Waals surface area contributed by atoms with E-state index in [1.165, 1.54) is 37.9 Å². The standard InChI is InChI=1S/C19H23FN4O/c20-16-8-4-3-7-15(16)9-10-21-19(25)17-13-23-18(14-22-17)24-11-5-1-2-6-12-24/h3-4,7-8,13-14H,1-2,5-6,9-12H2,(H,21,25). The number of hydrogen-bond acceptors (Lipinski definition) is 4. The number of hydrogen-bond donors (Lipinski definition) is 1. The van der Waals surface area contributed by atoms with Crippen molar-refractivity contribution in [2.45, 2.75) is 32.1 Å². The van der Waals surface area contributed by atoms with Gasteiger partial charge in [-0.05, 0) is 30.9 Å². The Morgan fingerprint density at radius 3 is 2.52 bits per heavy atom. The van der Waals surface area contributed by atoms with E-state index in [1.807, 2.05) is 0 Å². The number of benzene rings is 1. The molecule has 3 rings (SSSR count). The summed E-state index contributed by atoms with van der Waals surface area (Å²) in [6.07, 6.45) is 8.46. The van der Waals surface area contributed by atoms with Crippen LogP contribution in [-0.4, -0.2) is 35.5 Å². The van der Waals surface area contributed by atoms with Crippen molar-refractivity contribution in [3.05, 3.63) is 53.7 Å². The van der Waals surface area contributed by atoms with E-state index in [2.05, 4.69) is 20.2 Å². The first-order chi connectivity index (χ1) is 12.2. The van der Waals surface area contributed by atoms with Gasteiger partial charge in [-0.25, -0.2) is 14.4 Å². The number of halogens is 1. The number of amides is 1. The Morgan fingerprint density at radius 2 is 1.84 bits per heavy atom. The number of nitrogens with zero attached hydrogens (tertiary/aromatic N) is 3. The molecular formula is C19H23FN4O. The summed E-state index contributed by atoms with van der Waals surface area (Å²) in [5.41, 5.74) is 0.873. The molecule has 1 fully saturated rings. The van der Waals surface area contributed by atoms with Crippen LogP contribution in [0.2, 0.25) is 0 Å². The van der Waals surface area contributed by atoms with Gasteiger partial charge in [0, 0.05) is 19.6 Å². The summed E-state index contributed by atoms with van der Waals surface area (Å²) in [6, 6.07) is 6.58. The first-order valence-electron chi connectivity index (χ1n) is 8.82. The molecule has 1 amide bonds. The minimum Gasteiger partial charge on any atom is -0.355 e. The van der Waals surface area contributed by atoms with Gasteiger partial charge in [0.1, 0.15) is 17.3 Å². The van der Waals surface area contributed by atoms with Crippen LogP contribution in [-0.2, 0) is 6.42 Å². The summed E-state index contributed by atoms with van der Waals surface area (Å²) in [5, 5.41) is 2.76. The fourth-order valence-electron chi connectivity index (χ4n) is 3.00. The van der Waals surface area contributed by atoms with Gasteiger partial charge in [0.15, 0.2) is 0 Å². The molecule has 1 aromatic heterocycles. The maximum atomic E-state index is 13.5. The lowest BCUT2D eigenvalue weighted by atomic mass is 10.1. The van der Waals surface area contributed by atoms with E-state index in [0.29, 0.717) is 18.5 Å². The first kappa shape index (κ1) is 17.3. The number of carbonyl (C=O) groups excluding carboxylic acids is 1. The van der Waals surface area contributed by atoms with Crippen molar-refractivity contribution in [3.8, 4) is 0 Å². The van der Waals surface area contributed by atoms with E-state index in [9.17, 15) is 9.18 Å². The highest BCUT2D eigenvalue weighted by molar-refractivity contribution is 5.92. The molecular weight excluding hydrogens is 319 g/mol. The molecule has 0 bridgehead atoms. The van der Waals surface area contributed by atoms with Gasteiger partial charge >= 0.3 is 0 Å². The molecule has 0 aliphatic carbocycles. The molecule has 25 heavy (non-hydrogen) atoms. The monoisotopic (exact) mass is 342 g/mol. The van der Waals surface area contributed by atoms with Gasteiger partial charge in [0.2, 0.25) is 0 Å². The van der Waals surface area contributed by atoms with Gasteiger partial charge in [-0.1, -0.05) is 31.0 Å². The van der Waals surface area contributed by atoms with Crippen LogP contribution in [0, 0.1) is 5.82 Å². The number of rotatable bonds is 5. The van der Waals surface area contributed by atoms with Crippen LogP contribution in [0.15, 0.2) is 36.7 Å². The summed E-state index contributed by atoms with van der Waals surface area (Å²) in [6.45, 7) is 2.33. The summed E-state index contributed by atoms with van der Waals surface area (Å²) in [7, 11) is 0. The highest BCUT2D eigenvalue weighted by Gasteiger charge is 2.13. The van der Waals surface area contributed by atoms with Crippen LogP contribution >= 0.6 is 0 Å². The molecule has 6 heteroatoms. The van der Waals surface area contributed by atoms with Crippen molar-refractivity contribution in [2.75, 3.05) is 24.5 Å². The minimum absolute atomic E-state index is 0.252. The van der Waals surface area contributed by atoms with Gasteiger partial charge in [-0.3, -0.25) is 4.79 Å². The fraction of sp³-hybridized carbons (Fsp3) is 0.421. The Labute approximate surface area is 147 Å². The lowest BCUT2D eigenvalue weighted by molar-refractivity contribution is 0.0948. The van der Waals surface area contributed by atoms with E-state index < -0.39 is 0 Å². The molecule has 1 aliphatic heterocycles. The van der Waals surface area contributed by atoms with E-state index in [1.54, 1.807) is 24.4 Å². The third-order valence-electron chi connectivity index (χ3n) is 4.44. The normalized spacial score (nSPS) is 14.8. The minimum atomic E-state index is -0.286. The molecule has 0 atom stereocenters. The Bertz CT molecular complexity index is 697. The highest BCUT2D eigenvalue weighted by Crippen LogP contribution is 2.16. The lowest BCUT2D eigenvalue weighted by Gasteiger charge is -2.20. The maximum Gasteiger partial charge on any atom is 0.271 e. The van der Waals surface area contributed by atoms with E-state index in [4.69, 9.17) is 0 Å². The number of carbonyl (C=O) groups is 1. The maximum absolute atomic E-state index is 13.5. The number of aromatic nitrogens is 2. The third-order valence-corrected chi connectivity index (χ3v) is 4.44. The predicted molar refractivity (Wildman–Crippen MR) is 95.2 cm³/mol. The summed E-state index contributed by atoms with van der Waals surface area (Å²) >= 11 is 0. The Balaban J connectivity index is 1.53. The van der Waals surface area contributed by atoms with Gasteiger partial charge in [-0.2, -0.15) is 0 Å². The van der Waals surface area contributed by atoms with Crippen LogP contribution in [0.4, 0.5) is 10.2 Å². The highest BCUT2D eigenvalue weighted by atomic mass is 19.1. The second-order valence-corrected chi connectivity index (χ2v) is 6.26. The molecule has 5 nitrogen and oxygen atoms in total. The van der Waals surface area contributed by atoms with Crippen molar-refractivity contribution in [2.24, 2.45) is 0 Å². The average Bonchev–Trinajstić information content (AvgIpc) is 2.93. The van der Waals surface area contributed by atoms with Crippen LogP contribution in [0.25, 0.3) is 0 Å². The molecule has 0 unspecified atom stereocenters. The second-order valence-electron chi connectivity index (χ2n) is 6.26. The quantitative estimate of drug-likeness (QED) is 0.908. The number of nitrogens with one attached hydrogen (secondary N) is 1. The topological polar surface area (TPSA) is 58.1 Å². The van der Waals surface area contributed by atoms with Crippen molar-refractivity contribution in [3.63, 3.8) is 0 Å².